The molecular weight excluding hydrogens is 522 g/mol. The number of hydrogen-bond donors (Lipinski definition) is 3. The lowest BCUT2D eigenvalue weighted by Crippen LogP contribution is -2.57. The molecule has 7 atom stereocenters. The molecule has 0 bridgehead atoms. The van der Waals surface area contributed by atoms with Crippen molar-refractivity contribution < 1.29 is 48.4 Å². The molecule has 11 heteroatoms. The largest absolute Gasteiger partial charge is 0.504 e. The quantitative estimate of drug-likeness (QED) is 0.295. The van der Waals surface area contributed by atoms with Gasteiger partial charge in [0.25, 0.3) is 0 Å². The summed E-state index contributed by atoms with van der Waals surface area (Å²) in [5.41, 5.74) is -2.07. The van der Waals surface area contributed by atoms with Gasteiger partial charge in [-0.1, -0.05) is 27.2 Å². The molecule has 0 spiro atoms. The van der Waals surface area contributed by atoms with Crippen molar-refractivity contribution in [1.29, 1.82) is 0 Å². The molecule has 3 aliphatic carbocycles. The minimum atomic E-state index is -1.40. The fraction of sp³-hybridized carbons (Fsp3) is 0.621. The summed E-state index contributed by atoms with van der Waals surface area (Å²) in [6.07, 6.45) is 0.435. The van der Waals surface area contributed by atoms with Gasteiger partial charge in [-0.05, 0) is 24.8 Å². The maximum Gasteiger partial charge on any atom is 0.340 e. The summed E-state index contributed by atoms with van der Waals surface area (Å²) in [6.45, 7) is 8.13. The van der Waals surface area contributed by atoms with Gasteiger partial charge < -0.3 is 29.7 Å². The third-order valence-electron chi connectivity index (χ3n) is 9.31. The molecule has 1 heterocycles. The number of aliphatic hydroxyl groups excluding tert-OH is 1. The number of aliphatic carboxylic acids is 1. The second-order valence-corrected chi connectivity index (χ2v) is 11.6. The number of carboxylic acids is 1. The zero-order chi connectivity index (χ0) is 29.7. The van der Waals surface area contributed by atoms with Gasteiger partial charge in [0, 0.05) is 55.6 Å². The predicted molar refractivity (Wildman–Crippen MR) is 140 cm³/mol. The van der Waals surface area contributed by atoms with Crippen molar-refractivity contribution in [3.63, 3.8) is 0 Å². The second kappa shape index (κ2) is 10.5. The van der Waals surface area contributed by atoms with Crippen molar-refractivity contribution in [1.82, 2.24) is 5.32 Å². The third kappa shape index (κ3) is 4.34. The van der Waals surface area contributed by atoms with Gasteiger partial charge in [-0.25, -0.2) is 9.59 Å². The molecule has 0 aromatic heterocycles. The number of rotatable bonds is 8. The van der Waals surface area contributed by atoms with Gasteiger partial charge in [0.15, 0.2) is 5.76 Å². The minimum Gasteiger partial charge on any atom is -0.504 e. The van der Waals surface area contributed by atoms with Crippen molar-refractivity contribution in [2.75, 3.05) is 13.7 Å². The lowest BCUT2D eigenvalue weighted by molar-refractivity contribution is -0.160. The number of carboxylic acid groups (broad SMARTS) is 1. The topological polar surface area (TPSA) is 166 Å². The van der Waals surface area contributed by atoms with Crippen LogP contribution in [0.3, 0.4) is 0 Å². The molecule has 1 aliphatic heterocycles. The van der Waals surface area contributed by atoms with E-state index in [2.05, 4.69) is 5.32 Å². The van der Waals surface area contributed by atoms with Crippen LogP contribution in [0.2, 0.25) is 0 Å². The third-order valence-corrected chi connectivity index (χ3v) is 9.31. The van der Waals surface area contributed by atoms with E-state index < -0.39 is 64.4 Å². The van der Waals surface area contributed by atoms with E-state index in [1.165, 1.54) is 20.2 Å². The van der Waals surface area contributed by atoms with Crippen LogP contribution in [-0.4, -0.2) is 71.7 Å². The maximum absolute atomic E-state index is 14.0. The number of aliphatic hydroxyl groups is 1. The van der Waals surface area contributed by atoms with Crippen LogP contribution in [0.15, 0.2) is 34.3 Å². The number of methoxy groups -OCH3 is 1. The first kappa shape index (κ1) is 29.5. The summed E-state index contributed by atoms with van der Waals surface area (Å²) >= 11 is 0. The molecule has 3 N–H and O–H groups in total. The number of nitrogens with one attached hydrogen (secondary N) is 1. The van der Waals surface area contributed by atoms with Crippen LogP contribution in [0.25, 0.3) is 0 Å². The number of Topliss-reactive ketones (excluding diaryl/α,β-unsaturated/α-hetero) is 2. The molecule has 2 fully saturated rings. The van der Waals surface area contributed by atoms with Crippen LogP contribution in [0.4, 0.5) is 0 Å². The van der Waals surface area contributed by atoms with E-state index in [0.717, 1.165) is 0 Å². The Hall–Kier alpha value is -3.47. The van der Waals surface area contributed by atoms with Crippen molar-refractivity contribution in [2.24, 2.45) is 22.7 Å². The Morgan fingerprint density at radius 2 is 1.93 bits per heavy atom. The molecule has 1 saturated carbocycles. The van der Waals surface area contributed by atoms with E-state index in [1.807, 2.05) is 6.92 Å². The normalized spacial score (nSPS) is 34.1. The number of esters is 2. The van der Waals surface area contributed by atoms with E-state index in [9.17, 15) is 34.2 Å². The van der Waals surface area contributed by atoms with E-state index >= 15 is 0 Å². The SMILES string of the molecule is CC[C@H](C)[C@H](N/C=C1\C(=O)O[C@H](COC)[C@@]2(C)C1=C(O)C(=O)C1=C2[C@H](OC(C)=O)C[C@]2(C)C(=O)CC[C@@H]12)C(=O)O. The van der Waals surface area contributed by atoms with Gasteiger partial charge >= 0.3 is 17.9 Å². The Morgan fingerprint density at radius 3 is 2.50 bits per heavy atom. The van der Waals surface area contributed by atoms with E-state index in [4.69, 9.17) is 14.2 Å². The number of carbonyl (C=O) groups is 5. The summed E-state index contributed by atoms with van der Waals surface area (Å²) in [4.78, 5) is 64.5. The Kier molecular flexibility index (Phi) is 7.74. The summed E-state index contributed by atoms with van der Waals surface area (Å²) < 4.78 is 16.9. The molecule has 0 unspecified atom stereocenters. The summed E-state index contributed by atoms with van der Waals surface area (Å²) in [5, 5.41) is 24.0. The molecule has 218 valence electrons. The molecule has 4 aliphatic rings. The monoisotopic (exact) mass is 559 g/mol. The van der Waals surface area contributed by atoms with Crippen LogP contribution >= 0.6 is 0 Å². The highest BCUT2D eigenvalue weighted by Gasteiger charge is 2.64. The van der Waals surface area contributed by atoms with Gasteiger partial charge in [0.05, 0.1) is 17.6 Å². The molecule has 0 aromatic rings. The average Bonchev–Trinajstić information content (AvgIpc) is 3.17. The molecule has 0 radical (unpaired) electrons. The van der Waals surface area contributed by atoms with Gasteiger partial charge in [-0.2, -0.15) is 0 Å². The summed E-state index contributed by atoms with van der Waals surface area (Å²) in [7, 11) is 1.41. The highest BCUT2D eigenvalue weighted by Crippen LogP contribution is 2.62. The number of cyclic esters (lactones) is 1. The molecular formula is C29H37NO10. The fourth-order valence-electron chi connectivity index (χ4n) is 6.98. The van der Waals surface area contributed by atoms with E-state index in [0.29, 0.717) is 18.4 Å². The van der Waals surface area contributed by atoms with Gasteiger partial charge in [0.2, 0.25) is 5.78 Å². The second-order valence-electron chi connectivity index (χ2n) is 11.6. The van der Waals surface area contributed by atoms with Gasteiger partial charge in [-0.15, -0.1) is 0 Å². The van der Waals surface area contributed by atoms with Crippen molar-refractivity contribution >= 4 is 29.5 Å². The van der Waals surface area contributed by atoms with Crippen LogP contribution in [-0.2, 0) is 38.2 Å². The summed E-state index contributed by atoms with van der Waals surface area (Å²) in [5.74, 6) is -4.95. The predicted octanol–water partition coefficient (Wildman–Crippen LogP) is 2.55. The standard InChI is InChI=1S/C29H37NO10/c1-7-13(2)23(26(35)36)30-11-15-21-25(34)24(33)20-16-8-9-18(32)28(16,4)10-17(39-14(3)31)22(20)29(21,5)19(12-38-6)40-27(15)37/h11,13,16-17,19,23,30,34H,7-10,12H2,1-6H3,(H,35,36)/b15-11-/t13-,16-,17+,19+,23-,28-,29-/m0/s1. The van der Waals surface area contributed by atoms with Crippen molar-refractivity contribution in [3.8, 4) is 0 Å². The number of hydrogen-bond acceptors (Lipinski definition) is 10. The summed E-state index contributed by atoms with van der Waals surface area (Å²) in [6, 6.07) is -1.06. The van der Waals surface area contributed by atoms with Crippen LogP contribution < -0.4 is 5.32 Å². The van der Waals surface area contributed by atoms with Gasteiger partial charge in [-0.3, -0.25) is 14.4 Å². The lowest BCUT2D eigenvalue weighted by Gasteiger charge is -2.53. The van der Waals surface area contributed by atoms with Crippen molar-refractivity contribution in [3.05, 3.63) is 34.3 Å². The molecule has 40 heavy (non-hydrogen) atoms. The van der Waals surface area contributed by atoms with E-state index in [1.54, 1.807) is 20.8 Å². The number of carbonyl (C=O) groups excluding carboxylic acids is 4. The highest BCUT2D eigenvalue weighted by atomic mass is 16.6. The van der Waals surface area contributed by atoms with Crippen LogP contribution in [0.5, 0.6) is 0 Å². The minimum absolute atomic E-state index is 0.0496. The zero-order valence-corrected chi connectivity index (χ0v) is 23.7. The van der Waals surface area contributed by atoms with Crippen molar-refractivity contribution in [2.45, 2.75) is 78.6 Å². The fourth-order valence-corrected chi connectivity index (χ4v) is 6.98. The number of fused-ring (bicyclic) bond motifs is 4. The van der Waals surface area contributed by atoms with Gasteiger partial charge in [0.1, 0.15) is 24.0 Å². The Bertz CT molecular complexity index is 1260. The zero-order valence-electron chi connectivity index (χ0n) is 23.7. The first-order chi connectivity index (χ1) is 18.7. The number of ketones is 2. The maximum atomic E-state index is 14.0. The highest BCUT2D eigenvalue weighted by molar-refractivity contribution is 6.14. The molecule has 0 aromatic carbocycles. The molecule has 11 nitrogen and oxygen atoms in total. The molecule has 4 rings (SSSR count). The van der Waals surface area contributed by atoms with Crippen LogP contribution in [0, 0.1) is 22.7 Å². The molecule has 0 amide bonds. The van der Waals surface area contributed by atoms with Crippen LogP contribution in [0.1, 0.15) is 60.3 Å². The average molecular weight is 560 g/mol. The first-order valence-electron chi connectivity index (χ1n) is 13.6. The Morgan fingerprint density at radius 1 is 1.25 bits per heavy atom. The molecule has 1 saturated heterocycles. The Balaban J connectivity index is 1.96. The lowest BCUT2D eigenvalue weighted by atomic mass is 9.53. The van der Waals surface area contributed by atoms with E-state index in [-0.39, 0.29) is 47.9 Å². The smallest absolute Gasteiger partial charge is 0.340 e. The number of ether oxygens (including phenoxy) is 3. The first-order valence-corrected chi connectivity index (χ1v) is 13.6. The Labute approximate surface area is 232 Å². The number of allylic oxidation sites excluding steroid dienone is 1.